The van der Waals surface area contributed by atoms with E-state index >= 15 is 0 Å². The van der Waals surface area contributed by atoms with Gasteiger partial charge in [0, 0.05) is 38.3 Å². The number of benzene rings is 3. The summed E-state index contributed by atoms with van der Waals surface area (Å²) in [7, 11) is 1.66. The van der Waals surface area contributed by atoms with Crippen LogP contribution in [0.5, 0.6) is 5.75 Å². The Balaban J connectivity index is 1.30. The van der Waals surface area contributed by atoms with Gasteiger partial charge in [-0.15, -0.1) is 0 Å². The second kappa shape index (κ2) is 9.80. The summed E-state index contributed by atoms with van der Waals surface area (Å²) in [5.41, 5.74) is 1.84. The molecule has 1 N–H and O–H groups in total. The zero-order valence-corrected chi connectivity index (χ0v) is 19.9. The largest absolute Gasteiger partial charge is 0.497 e. The van der Waals surface area contributed by atoms with Crippen LogP contribution in [0.3, 0.4) is 0 Å². The van der Waals surface area contributed by atoms with E-state index in [2.05, 4.69) is 27.2 Å². The molecular formula is C28H30N4O3. The van der Waals surface area contributed by atoms with Crippen molar-refractivity contribution in [2.24, 2.45) is 0 Å². The number of carbonyl (C=O) groups excluding carboxylic acids is 2. The molecule has 2 heterocycles. The molecule has 0 spiro atoms. The summed E-state index contributed by atoms with van der Waals surface area (Å²) in [6.07, 6.45) is 0.407. The van der Waals surface area contributed by atoms with E-state index in [9.17, 15) is 9.59 Å². The fourth-order valence-corrected chi connectivity index (χ4v) is 4.94. The van der Waals surface area contributed by atoms with E-state index in [1.807, 2.05) is 72.8 Å². The molecule has 0 aliphatic carbocycles. The molecule has 2 aliphatic heterocycles. The summed E-state index contributed by atoms with van der Waals surface area (Å²) in [6.45, 7) is 3.46. The van der Waals surface area contributed by atoms with E-state index in [0.29, 0.717) is 6.42 Å². The van der Waals surface area contributed by atoms with Gasteiger partial charge in [-0.25, -0.2) is 9.69 Å². The van der Waals surface area contributed by atoms with E-state index in [1.54, 1.807) is 7.11 Å². The van der Waals surface area contributed by atoms with Crippen molar-refractivity contribution < 1.29 is 14.3 Å². The molecule has 3 aromatic carbocycles. The average Bonchev–Trinajstić information content (AvgIpc) is 3.15. The third-order valence-electron chi connectivity index (χ3n) is 6.91. The van der Waals surface area contributed by atoms with Crippen molar-refractivity contribution >= 4 is 17.6 Å². The molecular weight excluding hydrogens is 440 g/mol. The lowest BCUT2D eigenvalue weighted by Gasteiger charge is -2.37. The van der Waals surface area contributed by atoms with E-state index in [1.165, 1.54) is 4.90 Å². The Labute approximate surface area is 205 Å². The van der Waals surface area contributed by atoms with E-state index in [4.69, 9.17) is 4.74 Å². The maximum Gasteiger partial charge on any atom is 0.326 e. The number of ether oxygens (including phenoxy) is 1. The standard InChI is InChI=1S/C28H30N4O3/c1-35-25-14-12-24(13-15-25)31-18-16-30(17-19-31)21-32-26(33)28(29-27(32)34,23-10-6-3-7-11-23)20-22-8-4-2-5-9-22/h2-15H,16-21H2,1H3,(H,29,34)/t28-/m1/s1. The molecule has 0 aromatic heterocycles. The predicted molar refractivity (Wildman–Crippen MR) is 135 cm³/mol. The second-order valence-electron chi connectivity index (χ2n) is 9.04. The van der Waals surface area contributed by atoms with Crippen LogP contribution < -0.4 is 15.0 Å². The molecule has 3 aromatic rings. The number of urea groups is 1. The third kappa shape index (κ3) is 4.59. The van der Waals surface area contributed by atoms with Crippen LogP contribution in [0.25, 0.3) is 0 Å². The maximum atomic E-state index is 13.9. The zero-order chi connectivity index (χ0) is 24.3. The van der Waals surface area contributed by atoms with E-state index < -0.39 is 5.54 Å². The van der Waals surface area contributed by atoms with Crippen molar-refractivity contribution in [3.63, 3.8) is 0 Å². The first kappa shape index (κ1) is 22.9. The summed E-state index contributed by atoms with van der Waals surface area (Å²) in [4.78, 5) is 32.8. The molecule has 7 heteroatoms. The van der Waals surface area contributed by atoms with Crippen molar-refractivity contribution in [2.45, 2.75) is 12.0 Å². The molecule has 2 saturated heterocycles. The average molecular weight is 471 g/mol. The van der Waals surface area contributed by atoms with Crippen LogP contribution in [-0.2, 0) is 16.8 Å². The van der Waals surface area contributed by atoms with Crippen molar-refractivity contribution in [1.82, 2.24) is 15.1 Å². The first-order valence-electron chi connectivity index (χ1n) is 11.9. The van der Waals surface area contributed by atoms with Crippen molar-refractivity contribution in [1.29, 1.82) is 0 Å². The molecule has 2 aliphatic rings. The van der Waals surface area contributed by atoms with E-state index in [-0.39, 0.29) is 18.6 Å². The Morgan fingerprint density at radius 1 is 0.829 bits per heavy atom. The van der Waals surface area contributed by atoms with Gasteiger partial charge in [-0.2, -0.15) is 0 Å². The van der Waals surface area contributed by atoms with Gasteiger partial charge in [-0.1, -0.05) is 60.7 Å². The molecule has 0 saturated carbocycles. The highest BCUT2D eigenvalue weighted by Gasteiger charge is 2.52. The highest BCUT2D eigenvalue weighted by Crippen LogP contribution is 2.33. The normalized spacial score (nSPS) is 20.7. The number of hydrogen-bond donors (Lipinski definition) is 1. The Kier molecular flexibility index (Phi) is 6.42. The highest BCUT2D eigenvalue weighted by molar-refractivity contribution is 6.07. The number of amides is 3. The lowest BCUT2D eigenvalue weighted by molar-refractivity contribution is -0.133. The van der Waals surface area contributed by atoms with Gasteiger partial charge in [0.05, 0.1) is 13.8 Å². The molecule has 3 amide bonds. The van der Waals surface area contributed by atoms with E-state index in [0.717, 1.165) is 48.7 Å². The fourth-order valence-electron chi connectivity index (χ4n) is 4.94. The van der Waals surface area contributed by atoms with Crippen LogP contribution >= 0.6 is 0 Å². The van der Waals surface area contributed by atoms with Crippen LogP contribution in [0.2, 0.25) is 0 Å². The van der Waals surface area contributed by atoms with Gasteiger partial charge in [0.25, 0.3) is 5.91 Å². The Morgan fingerprint density at radius 2 is 1.46 bits per heavy atom. The minimum absolute atomic E-state index is 0.199. The SMILES string of the molecule is COc1ccc(N2CCN(CN3C(=O)N[C@](Cc4ccccc4)(c4ccccc4)C3=O)CC2)cc1. The molecule has 2 fully saturated rings. The number of piperazine rings is 1. The van der Waals surface area contributed by atoms with Gasteiger partial charge in [0.2, 0.25) is 0 Å². The number of anilines is 1. The number of hydrogen-bond acceptors (Lipinski definition) is 5. The van der Waals surface area contributed by atoms with Gasteiger partial charge in [0.15, 0.2) is 5.54 Å². The summed E-state index contributed by atoms with van der Waals surface area (Å²) >= 11 is 0. The van der Waals surface area contributed by atoms with Gasteiger partial charge in [-0.3, -0.25) is 9.69 Å². The minimum Gasteiger partial charge on any atom is -0.497 e. The maximum absolute atomic E-state index is 13.9. The van der Waals surface area contributed by atoms with Crippen molar-refractivity contribution in [3.8, 4) is 5.75 Å². The smallest absolute Gasteiger partial charge is 0.326 e. The Hall–Kier alpha value is -3.84. The molecule has 180 valence electrons. The number of methoxy groups -OCH3 is 1. The van der Waals surface area contributed by atoms with Gasteiger partial charge in [-0.05, 0) is 35.4 Å². The first-order chi connectivity index (χ1) is 17.1. The van der Waals surface area contributed by atoms with Gasteiger partial charge < -0.3 is 15.0 Å². The number of carbonyl (C=O) groups is 2. The van der Waals surface area contributed by atoms with Gasteiger partial charge in [0.1, 0.15) is 5.75 Å². The summed E-state index contributed by atoms with van der Waals surface area (Å²) in [6, 6.07) is 27.1. The van der Waals surface area contributed by atoms with Crippen LogP contribution in [0, 0.1) is 0 Å². The lowest BCUT2D eigenvalue weighted by atomic mass is 9.83. The number of imide groups is 1. The quantitative estimate of drug-likeness (QED) is 0.536. The Morgan fingerprint density at radius 3 is 2.09 bits per heavy atom. The summed E-state index contributed by atoms with van der Waals surface area (Å²) in [5.74, 6) is 0.637. The molecule has 0 bridgehead atoms. The van der Waals surface area contributed by atoms with Crippen LogP contribution in [0.1, 0.15) is 11.1 Å². The predicted octanol–water partition coefficient (Wildman–Crippen LogP) is 3.46. The lowest BCUT2D eigenvalue weighted by Crippen LogP contribution is -2.52. The highest BCUT2D eigenvalue weighted by atomic mass is 16.5. The zero-order valence-electron chi connectivity index (χ0n) is 19.9. The molecule has 5 rings (SSSR count). The second-order valence-corrected chi connectivity index (χ2v) is 9.04. The number of nitrogens with zero attached hydrogens (tertiary/aromatic N) is 3. The topological polar surface area (TPSA) is 65.1 Å². The number of nitrogens with one attached hydrogen (secondary N) is 1. The molecule has 1 atom stereocenters. The van der Waals surface area contributed by atoms with Crippen LogP contribution in [-0.4, -0.2) is 61.7 Å². The molecule has 35 heavy (non-hydrogen) atoms. The monoisotopic (exact) mass is 470 g/mol. The first-order valence-corrected chi connectivity index (χ1v) is 11.9. The molecule has 0 radical (unpaired) electrons. The fraction of sp³-hybridized carbons (Fsp3) is 0.286. The van der Waals surface area contributed by atoms with Gasteiger partial charge >= 0.3 is 6.03 Å². The molecule has 0 unspecified atom stereocenters. The Bertz CT molecular complexity index is 1160. The minimum atomic E-state index is -1.11. The van der Waals surface area contributed by atoms with Crippen LogP contribution in [0.4, 0.5) is 10.5 Å². The number of rotatable bonds is 7. The third-order valence-corrected chi connectivity index (χ3v) is 6.91. The summed E-state index contributed by atoms with van der Waals surface area (Å²) < 4.78 is 5.25. The van der Waals surface area contributed by atoms with Crippen molar-refractivity contribution in [2.75, 3.05) is 44.9 Å². The summed E-state index contributed by atoms with van der Waals surface area (Å²) in [5, 5.41) is 3.06. The van der Waals surface area contributed by atoms with Crippen molar-refractivity contribution in [3.05, 3.63) is 96.1 Å². The molecule has 7 nitrogen and oxygen atoms in total. The van der Waals surface area contributed by atoms with Crippen LogP contribution in [0.15, 0.2) is 84.9 Å².